The standard InChI is InChI=1S/C34H35N3O5/c38-30(14-13-28(32(40)24-8-1-2-9-24)33(41)25-10-3-4-11-25)35-18-15-26(16-19-35)34(42)36-21-29-27-12-6-5-7-23(27)17-20-37(29)31(39)22-36/h1-12,26,28-29H,13-22H2. The Balaban J connectivity index is 1.02. The fraction of sp³-hybridized carbons (Fsp3) is 0.382. The van der Waals surface area contributed by atoms with E-state index in [2.05, 4.69) is 12.1 Å². The van der Waals surface area contributed by atoms with Crippen LogP contribution in [0.1, 0.15) is 42.9 Å². The van der Waals surface area contributed by atoms with Crippen molar-refractivity contribution >= 4 is 29.3 Å². The van der Waals surface area contributed by atoms with Gasteiger partial charge in [-0.2, -0.15) is 0 Å². The molecule has 0 aromatic heterocycles. The Kier molecular flexibility index (Phi) is 8.77. The van der Waals surface area contributed by atoms with E-state index in [1.54, 1.807) is 61.2 Å². The molecule has 1 atom stereocenters. The van der Waals surface area contributed by atoms with E-state index in [0.717, 1.165) is 12.0 Å². The first-order chi connectivity index (χ1) is 20.4. The molecule has 1 aromatic rings. The van der Waals surface area contributed by atoms with Gasteiger partial charge in [-0.05, 0) is 88.2 Å². The predicted molar refractivity (Wildman–Crippen MR) is 154 cm³/mol. The van der Waals surface area contributed by atoms with E-state index in [0.29, 0.717) is 50.9 Å². The summed E-state index contributed by atoms with van der Waals surface area (Å²) < 4.78 is 0. The first kappa shape index (κ1) is 29.1. The van der Waals surface area contributed by atoms with Gasteiger partial charge in [0.25, 0.3) is 0 Å². The zero-order valence-corrected chi connectivity index (χ0v) is 23.6. The highest BCUT2D eigenvalue weighted by molar-refractivity contribution is 6.16. The molecule has 1 aromatic carbocycles. The molecule has 216 valence electrons. The maximum absolute atomic E-state index is 13.5. The summed E-state index contributed by atoms with van der Waals surface area (Å²) in [6, 6.07) is 8.05. The zero-order chi connectivity index (χ0) is 29.2. The molecular formula is C34H35N3O5. The van der Waals surface area contributed by atoms with Gasteiger partial charge in [0.2, 0.25) is 17.7 Å². The number of rotatable bonds is 8. The van der Waals surface area contributed by atoms with Crippen LogP contribution in [-0.2, 0) is 30.4 Å². The lowest BCUT2D eigenvalue weighted by Gasteiger charge is -2.45. The molecule has 10 radical (unpaired) electrons. The molecule has 5 aliphatic rings. The smallest absolute Gasteiger partial charge is 0.242 e. The zero-order valence-electron chi connectivity index (χ0n) is 23.6. The molecule has 0 N–H and O–H groups in total. The number of ketones is 2. The Bertz CT molecular complexity index is 1180. The van der Waals surface area contributed by atoms with Crippen LogP contribution in [0.3, 0.4) is 0 Å². The minimum absolute atomic E-state index is 0.0103. The predicted octanol–water partition coefficient (Wildman–Crippen LogP) is 2.54. The molecule has 6 rings (SSSR count). The third kappa shape index (κ3) is 5.91. The van der Waals surface area contributed by atoms with Crippen LogP contribution in [0.5, 0.6) is 0 Å². The maximum Gasteiger partial charge on any atom is 0.242 e. The summed E-state index contributed by atoms with van der Waals surface area (Å²) in [5.41, 5.74) is 2.37. The van der Waals surface area contributed by atoms with E-state index in [1.165, 1.54) is 5.56 Å². The lowest BCUT2D eigenvalue weighted by molar-refractivity contribution is -0.152. The molecule has 3 heterocycles. The van der Waals surface area contributed by atoms with Crippen molar-refractivity contribution in [3.8, 4) is 0 Å². The highest BCUT2D eigenvalue weighted by atomic mass is 16.2. The van der Waals surface area contributed by atoms with E-state index >= 15 is 0 Å². The summed E-state index contributed by atoms with van der Waals surface area (Å²) in [5, 5.41) is 0. The minimum Gasteiger partial charge on any atom is -0.343 e. The summed E-state index contributed by atoms with van der Waals surface area (Å²) in [7, 11) is 0. The maximum atomic E-state index is 13.5. The summed E-state index contributed by atoms with van der Waals surface area (Å²) in [5.74, 6) is -0.874. The molecule has 4 fully saturated rings. The van der Waals surface area contributed by atoms with Gasteiger partial charge in [-0.1, -0.05) is 24.3 Å². The Morgan fingerprint density at radius 1 is 0.810 bits per heavy atom. The van der Waals surface area contributed by atoms with Crippen LogP contribution in [0.25, 0.3) is 0 Å². The summed E-state index contributed by atoms with van der Waals surface area (Å²) in [6.45, 7) is 2.16. The van der Waals surface area contributed by atoms with Crippen LogP contribution in [0.4, 0.5) is 0 Å². The van der Waals surface area contributed by atoms with Crippen molar-refractivity contribution in [3.63, 3.8) is 0 Å². The molecule has 42 heavy (non-hydrogen) atoms. The second-order valence-corrected chi connectivity index (χ2v) is 11.6. The first-order valence-electron chi connectivity index (χ1n) is 14.9. The van der Waals surface area contributed by atoms with Crippen LogP contribution in [-0.4, -0.2) is 76.7 Å². The number of nitrogens with zero attached hydrogens (tertiary/aromatic N) is 3. The first-order valence-corrected chi connectivity index (χ1v) is 14.9. The molecule has 3 amide bonds. The summed E-state index contributed by atoms with van der Waals surface area (Å²) >= 11 is 0. The number of Topliss-reactive ketones (excluding diaryl/α,β-unsaturated/α-hetero) is 2. The number of piperidine rings is 1. The van der Waals surface area contributed by atoms with Gasteiger partial charge < -0.3 is 14.7 Å². The Morgan fingerprint density at radius 3 is 2.07 bits per heavy atom. The molecule has 0 spiro atoms. The minimum atomic E-state index is -0.918. The number of likely N-dealkylation sites (tertiary alicyclic amines) is 1. The largest absolute Gasteiger partial charge is 0.343 e. The van der Waals surface area contributed by atoms with Crippen molar-refractivity contribution in [3.05, 3.63) is 98.6 Å². The van der Waals surface area contributed by atoms with Gasteiger partial charge in [-0.3, -0.25) is 24.0 Å². The summed E-state index contributed by atoms with van der Waals surface area (Å²) in [6.07, 6.45) is 15.9. The van der Waals surface area contributed by atoms with Gasteiger partial charge in [-0.25, -0.2) is 0 Å². The molecule has 1 unspecified atom stereocenters. The van der Waals surface area contributed by atoms with E-state index < -0.39 is 5.92 Å². The molecule has 0 bridgehead atoms. The van der Waals surface area contributed by atoms with Crippen molar-refractivity contribution in [1.29, 1.82) is 0 Å². The monoisotopic (exact) mass is 565 g/mol. The van der Waals surface area contributed by atoms with Crippen molar-refractivity contribution in [1.82, 2.24) is 14.7 Å². The quantitative estimate of drug-likeness (QED) is 0.452. The van der Waals surface area contributed by atoms with Crippen LogP contribution >= 0.6 is 0 Å². The van der Waals surface area contributed by atoms with Crippen LogP contribution in [0, 0.1) is 75.0 Å². The molecule has 2 saturated carbocycles. The fourth-order valence-electron chi connectivity index (χ4n) is 6.76. The Labute approximate surface area is 249 Å². The topological polar surface area (TPSA) is 95.1 Å². The highest BCUT2D eigenvalue weighted by Gasteiger charge is 2.42. The van der Waals surface area contributed by atoms with Crippen molar-refractivity contribution in [2.75, 3.05) is 32.7 Å². The third-order valence-corrected chi connectivity index (χ3v) is 9.13. The van der Waals surface area contributed by atoms with Crippen LogP contribution in [0.15, 0.2) is 24.3 Å². The fourth-order valence-corrected chi connectivity index (χ4v) is 6.76. The lowest BCUT2D eigenvalue weighted by Crippen LogP contribution is -2.57. The van der Waals surface area contributed by atoms with Gasteiger partial charge in [0.15, 0.2) is 11.6 Å². The number of piperazine rings is 1. The van der Waals surface area contributed by atoms with Crippen LogP contribution in [0.2, 0.25) is 0 Å². The Hall–Kier alpha value is -3.03. The van der Waals surface area contributed by atoms with E-state index in [4.69, 9.17) is 0 Å². The normalized spacial score (nSPS) is 23.8. The van der Waals surface area contributed by atoms with Crippen LogP contribution < -0.4 is 0 Å². The molecule has 8 nitrogen and oxygen atoms in total. The van der Waals surface area contributed by atoms with Crippen molar-refractivity contribution in [2.24, 2.45) is 11.8 Å². The molecule has 3 aliphatic heterocycles. The van der Waals surface area contributed by atoms with Gasteiger partial charge in [0.1, 0.15) is 0 Å². The number of hydrogen-bond acceptors (Lipinski definition) is 5. The van der Waals surface area contributed by atoms with Crippen molar-refractivity contribution < 1.29 is 24.0 Å². The van der Waals surface area contributed by atoms with E-state index in [1.807, 2.05) is 17.0 Å². The SMILES string of the molecule is O=C([C]1[CH][CH][CH][CH]1)C(CCC(=O)N1CCC(C(=O)N2CC(=O)N3CCc4ccccc4C3C2)CC1)C(=O)[C]1[CH][CH][CH][CH]1. The average molecular weight is 566 g/mol. The second kappa shape index (κ2) is 12.7. The number of carbonyl (C=O) groups is 5. The van der Waals surface area contributed by atoms with Gasteiger partial charge in [-0.15, -0.1) is 0 Å². The number of fused-ring (bicyclic) bond motifs is 3. The molecular weight excluding hydrogens is 530 g/mol. The molecule has 2 saturated heterocycles. The van der Waals surface area contributed by atoms with E-state index in [-0.39, 0.29) is 60.6 Å². The van der Waals surface area contributed by atoms with E-state index in [9.17, 15) is 24.0 Å². The third-order valence-electron chi connectivity index (χ3n) is 9.13. The summed E-state index contributed by atoms with van der Waals surface area (Å²) in [4.78, 5) is 71.4. The second-order valence-electron chi connectivity index (χ2n) is 11.6. The Morgan fingerprint density at radius 2 is 1.43 bits per heavy atom. The van der Waals surface area contributed by atoms with Gasteiger partial charge in [0.05, 0.1) is 18.5 Å². The number of benzene rings is 1. The number of hydrogen-bond donors (Lipinski definition) is 0. The van der Waals surface area contributed by atoms with Gasteiger partial charge in [0, 0.05) is 50.4 Å². The number of amides is 3. The number of carbonyl (C=O) groups excluding carboxylic acids is 5. The van der Waals surface area contributed by atoms with Gasteiger partial charge >= 0.3 is 0 Å². The molecule has 8 heteroatoms. The van der Waals surface area contributed by atoms with Crippen molar-refractivity contribution in [2.45, 2.75) is 38.1 Å². The highest BCUT2D eigenvalue weighted by Crippen LogP contribution is 2.35. The molecule has 2 aliphatic carbocycles. The lowest BCUT2D eigenvalue weighted by atomic mass is 9.80. The average Bonchev–Trinajstić information content (AvgIpc) is 3.76.